The van der Waals surface area contributed by atoms with Crippen molar-refractivity contribution in [2.45, 2.75) is 52.0 Å². The maximum absolute atomic E-state index is 12.5. The van der Waals surface area contributed by atoms with Crippen molar-refractivity contribution in [2.24, 2.45) is 17.1 Å². The molecule has 3 nitrogen and oxygen atoms in total. The summed E-state index contributed by atoms with van der Waals surface area (Å²) >= 11 is 0. The Morgan fingerprint density at radius 3 is 2.47 bits per heavy atom. The summed E-state index contributed by atoms with van der Waals surface area (Å²) in [5.74, 6) is 0.825. The van der Waals surface area contributed by atoms with Gasteiger partial charge in [-0.05, 0) is 25.2 Å². The summed E-state index contributed by atoms with van der Waals surface area (Å²) in [5.41, 5.74) is 5.92. The highest BCUT2D eigenvalue weighted by molar-refractivity contribution is 5.85. The van der Waals surface area contributed by atoms with E-state index in [1.807, 2.05) is 0 Å². The molecule has 1 saturated carbocycles. The van der Waals surface area contributed by atoms with Crippen LogP contribution in [0.4, 0.5) is 0 Å². The van der Waals surface area contributed by atoms with E-state index >= 15 is 0 Å². The van der Waals surface area contributed by atoms with Gasteiger partial charge in [0.05, 0.1) is 0 Å². The maximum atomic E-state index is 12.5. The fourth-order valence-corrected chi connectivity index (χ4v) is 3.10. The van der Waals surface area contributed by atoms with Crippen LogP contribution in [-0.4, -0.2) is 29.9 Å². The van der Waals surface area contributed by atoms with Crippen LogP contribution in [0.2, 0.25) is 0 Å². The van der Waals surface area contributed by atoms with Gasteiger partial charge in [0, 0.05) is 24.5 Å². The van der Waals surface area contributed by atoms with Crippen LogP contribution in [-0.2, 0) is 4.79 Å². The molecule has 2 fully saturated rings. The van der Waals surface area contributed by atoms with Gasteiger partial charge in [0.1, 0.15) is 0 Å². The molecule has 0 aromatic rings. The minimum atomic E-state index is -0.0683. The molecule has 0 radical (unpaired) electrons. The second kappa shape index (κ2) is 5.57. The summed E-state index contributed by atoms with van der Waals surface area (Å²) in [7, 11) is 0. The van der Waals surface area contributed by atoms with Crippen LogP contribution in [0.25, 0.3) is 0 Å². The summed E-state index contributed by atoms with van der Waals surface area (Å²) in [6, 6.07) is 0.278. The molecule has 100 valence electrons. The van der Waals surface area contributed by atoms with Gasteiger partial charge < -0.3 is 10.6 Å². The molecule has 1 amide bonds. The summed E-state index contributed by atoms with van der Waals surface area (Å²) in [6.07, 6.45) is 5.53. The van der Waals surface area contributed by atoms with Crippen molar-refractivity contribution in [3.05, 3.63) is 0 Å². The lowest BCUT2D eigenvalue weighted by Gasteiger charge is -2.39. The Bertz CT molecular complexity index is 277. The van der Waals surface area contributed by atoms with E-state index in [1.54, 1.807) is 0 Å². The fourth-order valence-electron chi connectivity index (χ4n) is 3.10. The zero-order valence-corrected chi connectivity index (χ0v) is 11.8. The van der Waals surface area contributed by atoms with Crippen molar-refractivity contribution in [3.63, 3.8) is 0 Å². The van der Waals surface area contributed by atoms with Crippen LogP contribution < -0.4 is 5.73 Å². The predicted octanol–water partition coefficient (Wildman–Crippen LogP) is 2.18. The van der Waals surface area contributed by atoms with E-state index in [0.717, 1.165) is 32.4 Å². The lowest BCUT2D eigenvalue weighted by Crippen LogP contribution is -2.51. The fraction of sp³-hybridized carbons (Fsp3) is 0.923. The number of hydrogen-bond donors (Lipinski definition) is 1. The van der Waals surface area contributed by atoms with Crippen molar-refractivity contribution < 1.29 is 4.79 Å². The number of carbonyl (C=O) groups excluding carboxylic acids is 1. The molecule has 17 heavy (non-hydrogen) atoms. The monoisotopic (exact) mass is 260 g/mol. The second-order valence-corrected chi connectivity index (χ2v) is 5.95. The molecule has 2 aliphatic rings. The largest absolute Gasteiger partial charge is 0.342 e. The van der Waals surface area contributed by atoms with Gasteiger partial charge in [-0.1, -0.05) is 26.7 Å². The first-order chi connectivity index (χ1) is 7.53. The van der Waals surface area contributed by atoms with E-state index in [-0.39, 0.29) is 23.9 Å². The number of hydrogen-bond acceptors (Lipinski definition) is 2. The Morgan fingerprint density at radius 1 is 1.35 bits per heavy atom. The zero-order chi connectivity index (χ0) is 11.8. The number of likely N-dealkylation sites (tertiary alicyclic amines) is 1. The summed E-state index contributed by atoms with van der Waals surface area (Å²) in [4.78, 5) is 14.5. The van der Waals surface area contributed by atoms with Crippen LogP contribution in [0.3, 0.4) is 0 Å². The van der Waals surface area contributed by atoms with Gasteiger partial charge in [0.15, 0.2) is 0 Å². The third-order valence-electron chi connectivity index (χ3n) is 4.48. The summed E-state index contributed by atoms with van der Waals surface area (Å²) in [5, 5.41) is 0. The molecular formula is C13H25ClN2O. The summed E-state index contributed by atoms with van der Waals surface area (Å²) in [6.45, 7) is 6.01. The highest BCUT2D eigenvalue weighted by Crippen LogP contribution is 2.39. The van der Waals surface area contributed by atoms with Gasteiger partial charge in [-0.25, -0.2) is 0 Å². The first-order valence-corrected chi connectivity index (χ1v) is 6.58. The Labute approximate surface area is 111 Å². The van der Waals surface area contributed by atoms with Gasteiger partial charge in [0.2, 0.25) is 5.91 Å². The smallest absolute Gasteiger partial charge is 0.228 e. The number of amides is 1. The van der Waals surface area contributed by atoms with E-state index in [2.05, 4.69) is 18.7 Å². The first kappa shape index (κ1) is 14.8. The van der Waals surface area contributed by atoms with Crippen LogP contribution in [0.5, 0.6) is 0 Å². The number of rotatable bonds is 1. The first-order valence-electron chi connectivity index (χ1n) is 6.58. The average molecular weight is 261 g/mol. The Kier molecular flexibility index (Phi) is 4.85. The predicted molar refractivity (Wildman–Crippen MR) is 72.2 cm³/mol. The van der Waals surface area contributed by atoms with E-state index in [1.165, 1.54) is 12.8 Å². The van der Waals surface area contributed by atoms with E-state index in [0.29, 0.717) is 11.8 Å². The van der Waals surface area contributed by atoms with Crippen LogP contribution >= 0.6 is 12.4 Å². The summed E-state index contributed by atoms with van der Waals surface area (Å²) < 4.78 is 0. The molecular weight excluding hydrogens is 236 g/mol. The lowest BCUT2D eigenvalue weighted by molar-refractivity contribution is -0.143. The average Bonchev–Trinajstić information content (AvgIpc) is 2.70. The molecule has 0 aromatic carbocycles. The molecule has 1 aliphatic heterocycles. The quantitative estimate of drug-likeness (QED) is 0.786. The van der Waals surface area contributed by atoms with E-state index in [9.17, 15) is 4.79 Å². The van der Waals surface area contributed by atoms with E-state index < -0.39 is 0 Å². The molecule has 1 aliphatic carbocycles. The van der Waals surface area contributed by atoms with Gasteiger partial charge in [-0.3, -0.25) is 4.79 Å². The molecule has 0 bridgehead atoms. The van der Waals surface area contributed by atoms with Crippen molar-refractivity contribution in [2.75, 3.05) is 13.1 Å². The Balaban J connectivity index is 0.00000144. The topological polar surface area (TPSA) is 46.3 Å². The van der Waals surface area contributed by atoms with Gasteiger partial charge in [0.25, 0.3) is 0 Å². The van der Waals surface area contributed by atoms with Crippen LogP contribution in [0.1, 0.15) is 46.0 Å². The molecule has 2 N–H and O–H groups in total. The van der Waals surface area contributed by atoms with Crippen LogP contribution in [0.15, 0.2) is 0 Å². The molecule has 0 aromatic heterocycles. The van der Waals surface area contributed by atoms with Crippen LogP contribution in [0, 0.1) is 11.3 Å². The third-order valence-corrected chi connectivity index (χ3v) is 4.48. The van der Waals surface area contributed by atoms with Gasteiger partial charge in [-0.2, -0.15) is 0 Å². The van der Waals surface area contributed by atoms with Crippen molar-refractivity contribution in [1.29, 1.82) is 0 Å². The lowest BCUT2D eigenvalue weighted by atomic mass is 9.85. The number of halogens is 1. The third kappa shape index (κ3) is 2.94. The minimum Gasteiger partial charge on any atom is -0.342 e. The second-order valence-electron chi connectivity index (χ2n) is 5.95. The van der Waals surface area contributed by atoms with Crippen molar-refractivity contribution >= 4 is 18.3 Å². The van der Waals surface area contributed by atoms with Gasteiger partial charge >= 0.3 is 0 Å². The molecule has 4 heteroatoms. The van der Waals surface area contributed by atoms with E-state index in [4.69, 9.17) is 5.73 Å². The minimum absolute atomic E-state index is 0. The molecule has 0 spiro atoms. The Hall–Kier alpha value is -0.280. The maximum Gasteiger partial charge on any atom is 0.228 e. The van der Waals surface area contributed by atoms with Crippen molar-refractivity contribution in [3.8, 4) is 0 Å². The van der Waals surface area contributed by atoms with Gasteiger partial charge in [-0.15, -0.1) is 12.4 Å². The number of nitrogens with two attached hydrogens (primary N) is 1. The number of nitrogens with zero attached hydrogens (tertiary/aromatic N) is 1. The molecule has 2 unspecified atom stereocenters. The molecule has 2 rings (SSSR count). The normalized spacial score (nSPS) is 32.1. The molecule has 2 atom stereocenters. The highest BCUT2D eigenvalue weighted by atomic mass is 35.5. The number of carbonyl (C=O) groups is 1. The molecule has 1 heterocycles. The SMILES string of the molecule is CC1CN(C(=O)C2(C)CCCC2)CCC1N.Cl. The molecule has 1 saturated heterocycles. The Morgan fingerprint density at radius 2 is 1.94 bits per heavy atom. The van der Waals surface area contributed by atoms with Crippen molar-refractivity contribution in [1.82, 2.24) is 4.90 Å². The highest BCUT2D eigenvalue weighted by Gasteiger charge is 2.40. The standard InChI is InChI=1S/C13H24N2O.ClH/c1-10-9-15(8-5-11(10)14)12(16)13(2)6-3-4-7-13;/h10-11H,3-9,14H2,1-2H3;1H. The zero-order valence-electron chi connectivity index (χ0n) is 10.9. The number of piperidine rings is 1.